The number of anilines is 1. The molecule has 0 heterocycles. The van der Waals surface area contributed by atoms with Gasteiger partial charge in [0.1, 0.15) is 5.75 Å². The third-order valence-corrected chi connectivity index (χ3v) is 9.33. The average molecular weight is 589 g/mol. The van der Waals surface area contributed by atoms with Crippen molar-refractivity contribution in [2.45, 2.75) is 53.1 Å². The van der Waals surface area contributed by atoms with E-state index in [2.05, 4.69) is 5.32 Å². The van der Waals surface area contributed by atoms with Gasteiger partial charge in [0.05, 0.1) is 11.5 Å². The number of hydrogen-bond acceptors (Lipinski definition) is 8. The second kappa shape index (κ2) is 10.2. The summed E-state index contributed by atoms with van der Waals surface area (Å²) in [6.07, 6.45) is 0.180. The molecule has 0 aromatic heterocycles. The van der Waals surface area contributed by atoms with E-state index >= 15 is 0 Å². The summed E-state index contributed by atoms with van der Waals surface area (Å²) in [6.45, 7) is 8.83. The summed E-state index contributed by atoms with van der Waals surface area (Å²) in [5.41, 5.74) is 4.46. The van der Waals surface area contributed by atoms with Crippen LogP contribution in [0.25, 0.3) is 11.1 Å². The number of nitrogens with one attached hydrogen (secondary N) is 1. The number of aromatic hydroxyl groups is 1. The number of phenolic OH excluding ortho intramolecular Hbond substituents is 1. The second-order valence-electron chi connectivity index (χ2n) is 13.4. The number of hydrogen-bond donors (Lipinski definition) is 4. The first kappa shape index (κ1) is 30.3. The predicted octanol–water partition coefficient (Wildman–Crippen LogP) is 2.86. The number of carbonyl (C=O) groups is 6. The van der Waals surface area contributed by atoms with Crippen molar-refractivity contribution in [2.24, 2.45) is 46.7 Å². The summed E-state index contributed by atoms with van der Waals surface area (Å²) in [5.74, 6) is -12.1. The van der Waals surface area contributed by atoms with Crippen LogP contribution in [0.3, 0.4) is 0 Å². The number of primary amides is 1. The fraction of sp³-hybridized carbons (Fsp3) is 0.455. The Kier molecular flexibility index (Phi) is 7.20. The van der Waals surface area contributed by atoms with Gasteiger partial charge in [0.25, 0.3) is 0 Å². The van der Waals surface area contributed by atoms with Crippen molar-refractivity contribution < 1.29 is 39.0 Å². The molecule has 2 unspecified atom stereocenters. The van der Waals surface area contributed by atoms with Crippen molar-refractivity contribution in [2.75, 3.05) is 5.32 Å². The number of ketones is 4. The number of benzene rings is 2. The highest BCUT2D eigenvalue weighted by molar-refractivity contribution is 6.32. The maximum absolute atomic E-state index is 14.0. The highest BCUT2D eigenvalue weighted by Crippen LogP contribution is 2.53. The topological polar surface area (TPSA) is 181 Å². The molecular formula is C33H36N2O8. The average Bonchev–Trinajstić information content (AvgIpc) is 2.90. The standard InChI is InChI=1S/C33H36N2O8/c1-14(2)22-20-13-16-12-19-18(15-6-8-17(9-7-15)35-31(42)32(3,4)5)10-11-21(36)24(19)27(38)23(16)28(39)33(20,43)29(40)25(26(22)37)30(34)41/h6-11,14,16,20,22-23,25,36,43H,12-13H2,1-5H3,(H2,34,41)(H,35,42)/t16-,20-,22-,23?,25?,33-/m0/s1. The van der Waals surface area contributed by atoms with Crippen LogP contribution in [0.4, 0.5) is 5.69 Å². The molecule has 2 aromatic carbocycles. The van der Waals surface area contributed by atoms with E-state index in [1.54, 1.807) is 65.0 Å². The van der Waals surface area contributed by atoms with E-state index in [0.717, 1.165) is 0 Å². The maximum Gasteiger partial charge on any atom is 0.235 e. The van der Waals surface area contributed by atoms with Gasteiger partial charge in [-0.15, -0.1) is 0 Å². The molecule has 0 spiro atoms. The zero-order valence-electron chi connectivity index (χ0n) is 24.8. The Morgan fingerprint density at radius 1 is 1.00 bits per heavy atom. The third kappa shape index (κ3) is 4.59. The number of phenols is 1. The molecule has 3 aliphatic carbocycles. The van der Waals surface area contributed by atoms with E-state index in [1.807, 2.05) is 0 Å². The molecule has 10 heteroatoms. The Labute approximate surface area is 249 Å². The predicted molar refractivity (Wildman–Crippen MR) is 156 cm³/mol. The van der Waals surface area contributed by atoms with Crippen molar-refractivity contribution in [3.63, 3.8) is 0 Å². The summed E-state index contributed by atoms with van der Waals surface area (Å²) in [7, 11) is 0. The normalized spacial score (nSPS) is 28.7. The lowest BCUT2D eigenvalue weighted by atomic mass is 9.49. The Hall–Kier alpha value is -4.18. The van der Waals surface area contributed by atoms with E-state index in [9.17, 15) is 39.0 Å². The molecule has 2 amide bonds. The first-order chi connectivity index (χ1) is 20.0. The molecule has 0 aliphatic heterocycles. The molecule has 5 rings (SSSR count). The lowest BCUT2D eigenvalue weighted by Crippen LogP contribution is -2.71. The summed E-state index contributed by atoms with van der Waals surface area (Å²) in [4.78, 5) is 79.2. The fourth-order valence-corrected chi connectivity index (χ4v) is 7.18. The van der Waals surface area contributed by atoms with E-state index in [4.69, 9.17) is 5.73 Å². The Morgan fingerprint density at radius 2 is 1.63 bits per heavy atom. The molecule has 0 saturated heterocycles. The molecule has 226 valence electrons. The smallest absolute Gasteiger partial charge is 0.235 e. The van der Waals surface area contributed by atoms with Crippen molar-refractivity contribution >= 4 is 40.6 Å². The Morgan fingerprint density at radius 3 is 2.19 bits per heavy atom. The van der Waals surface area contributed by atoms with Crippen molar-refractivity contribution in [1.29, 1.82) is 0 Å². The molecule has 2 fully saturated rings. The molecule has 2 aromatic rings. The van der Waals surface area contributed by atoms with Crippen LogP contribution in [0.2, 0.25) is 0 Å². The second-order valence-corrected chi connectivity index (χ2v) is 13.4. The number of rotatable bonds is 4. The zero-order chi connectivity index (χ0) is 31.8. The third-order valence-electron chi connectivity index (χ3n) is 9.33. The van der Waals surface area contributed by atoms with Gasteiger partial charge in [-0.05, 0) is 59.6 Å². The van der Waals surface area contributed by atoms with Crippen LogP contribution < -0.4 is 11.1 Å². The molecule has 10 nitrogen and oxygen atoms in total. The molecule has 0 radical (unpaired) electrons. The lowest BCUT2D eigenvalue weighted by Gasteiger charge is -2.52. The molecule has 5 N–H and O–H groups in total. The van der Waals surface area contributed by atoms with Gasteiger partial charge in [-0.1, -0.05) is 52.8 Å². The lowest BCUT2D eigenvalue weighted by molar-refractivity contribution is -0.182. The number of fused-ring (bicyclic) bond motifs is 3. The molecule has 3 aliphatic rings. The van der Waals surface area contributed by atoms with Gasteiger partial charge in [0.2, 0.25) is 11.8 Å². The van der Waals surface area contributed by atoms with Crippen LogP contribution in [0.1, 0.15) is 57.0 Å². The van der Waals surface area contributed by atoms with E-state index in [0.29, 0.717) is 22.4 Å². The molecular weight excluding hydrogens is 552 g/mol. The zero-order valence-corrected chi connectivity index (χ0v) is 24.8. The highest BCUT2D eigenvalue weighted by atomic mass is 16.3. The van der Waals surface area contributed by atoms with E-state index < -0.39 is 75.6 Å². The van der Waals surface area contributed by atoms with Gasteiger partial charge in [0, 0.05) is 22.9 Å². The SMILES string of the molecule is CC(C)[C@@H]1C(=O)C(C(N)=O)C(=O)[C@@]2(O)C(=O)C3C(=O)c4c(O)ccc(-c5ccc(NC(=O)C(C)(C)C)cc5)c4C[C@H]3C[C@@H]12. The van der Waals surface area contributed by atoms with Crippen molar-refractivity contribution in [3.05, 3.63) is 47.5 Å². The molecule has 0 bridgehead atoms. The maximum atomic E-state index is 14.0. The minimum atomic E-state index is -2.72. The van der Waals surface area contributed by atoms with Crippen LogP contribution in [-0.2, 0) is 30.4 Å². The summed E-state index contributed by atoms with van der Waals surface area (Å²) >= 11 is 0. The Bertz CT molecular complexity index is 1580. The first-order valence-corrected chi connectivity index (χ1v) is 14.4. The Balaban J connectivity index is 1.56. The molecule has 2 saturated carbocycles. The minimum absolute atomic E-state index is 0.0107. The van der Waals surface area contributed by atoms with Crippen molar-refractivity contribution in [3.8, 4) is 16.9 Å². The summed E-state index contributed by atoms with van der Waals surface area (Å²) < 4.78 is 0. The molecule has 43 heavy (non-hydrogen) atoms. The number of amides is 2. The van der Waals surface area contributed by atoms with Gasteiger partial charge in [-0.3, -0.25) is 28.8 Å². The number of aliphatic hydroxyl groups is 1. The fourth-order valence-electron chi connectivity index (χ4n) is 7.18. The van der Waals surface area contributed by atoms with Crippen LogP contribution in [-0.4, -0.2) is 50.8 Å². The minimum Gasteiger partial charge on any atom is -0.507 e. The summed E-state index contributed by atoms with van der Waals surface area (Å²) in [5, 5.41) is 25.4. The largest absolute Gasteiger partial charge is 0.507 e. The van der Waals surface area contributed by atoms with E-state index in [1.165, 1.54) is 6.07 Å². The van der Waals surface area contributed by atoms with Crippen LogP contribution in [0.15, 0.2) is 36.4 Å². The first-order valence-electron chi connectivity index (χ1n) is 14.4. The van der Waals surface area contributed by atoms with Gasteiger partial charge in [0.15, 0.2) is 34.7 Å². The quantitative estimate of drug-likeness (QED) is 0.393. The molecule has 6 atom stereocenters. The number of carbonyl (C=O) groups excluding carboxylic acids is 6. The monoisotopic (exact) mass is 588 g/mol. The van der Waals surface area contributed by atoms with Crippen LogP contribution in [0, 0.1) is 40.9 Å². The van der Waals surface area contributed by atoms with Crippen molar-refractivity contribution in [1.82, 2.24) is 0 Å². The van der Waals surface area contributed by atoms with Crippen LogP contribution in [0.5, 0.6) is 5.75 Å². The van der Waals surface area contributed by atoms with Gasteiger partial charge >= 0.3 is 0 Å². The number of Topliss-reactive ketones (excluding diaryl/α,β-unsaturated/α-hetero) is 4. The van der Waals surface area contributed by atoms with Gasteiger partial charge in [-0.25, -0.2) is 0 Å². The van der Waals surface area contributed by atoms with Gasteiger partial charge in [-0.2, -0.15) is 0 Å². The number of nitrogens with two attached hydrogens (primary N) is 1. The van der Waals surface area contributed by atoms with E-state index in [-0.39, 0.29) is 30.1 Å². The highest BCUT2D eigenvalue weighted by Gasteiger charge is 2.69. The summed E-state index contributed by atoms with van der Waals surface area (Å²) in [6, 6.07) is 10.1. The van der Waals surface area contributed by atoms with Gasteiger partial charge < -0.3 is 21.3 Å². The van der Waals surface area contributed by atoms with Crippen LogP contribution >= 0.6 is 0 Å².